The van der Waals surface area contributed by atoms with Crippen molar-refractivity contribution >= 4 is 11.0 Å². The normalized spacial score (nSPS) is 10.9. The van der Waals surface area contributed by atoms with Crippen molar-refractivity contribution in [3.05, 3.63) is 64.0 Å². The Morgan fingerprint density at radius 2 is 1.87 bits per heavy atom. The molecular weight excluding hydrogens is 292 g/mol. The maximum Gasteiger partial charge on any atom is 0.235 e. The molecule has 0 radical (unpaired) electrons. The Labute approximate surface area is 134 Å². The van der Waals surface area contributed by atoms with Crippen molar-refractivity contribution in [2.24, 2.45) is 0 Å². The molecule has 0 spiro atoms. The Morgan fingerprint density at radius 1 is 1.13 bits per heavy atom. The van der Waals surface area contributed by atoms with Crippen LogP contribution < -0.4 is 10.2 Å². The molecule has 0 saturated heterocycles. The third-order valence-electron chi connectivity index (χ3n) is 3.68. The highest BCUT2D eigenvalue weighted by Gasteiger charge is 2.14. The standard InChI is InChI=1S/C19H18O4/c1-3-4-13-5-8-15(9-6-13)23-19-12(2)22-17-11-14(20)7-10-16(17)18(19)21/h5-11,20H,3-4H2,1-2H3. The molecule has 4 heteroatoms. The lowest BCUT2D eigenvalue weighted by molar-refractivity contribution is 0.434. The Bertz CT molecular complexity index is 892. The van der Waals surface area contributed by atoms with E-state index in [1.165, 1.54) is 23.8 Å². The second-order valence-corrected chi connectivity index (χ2v) is 5.49. The van der Waals surface area contributed by atoms with E-state index < -0.39 is 0 Å². The van der Waals surface area contributed by atoms with E-state index in [0.717, 1.165) is 12.8 Å². The minimum Gasteiger partial charge on any atom is -0.508 e. The average molecular weight is 310 g/mol. The summed E-state index contributed by atoms with van der Waals surface area (Å²) in [6, 6.07) is 12.1. The topological polar surface area (TPSA) is 59.7 Å². The summed E-state index contributed by atoms with van der Waals surface area (Å²) in [7, 11) is 0. The first-order chi connectivity index (χ1) is 11.1. The summed E-state index contributed by atoms with van der Waals surface area (Å²) in [6.07, 6.45) is 2.10. The predicted octanol–water partition coefficient (Wildman–Crippen LogP) is 4.55. The first-order valence-corrected chi connectivity index (χ1v) is 7.61. The van der Waals surface area contributed by atoms with Crippen LogP contribution in [0.1, 0.15) is 24.7 Å². The van der Waals surface area contributed by atoms with Gasteiger partial charge in [0.05, 0.1) is 5.39 Å². The second kappa shape index (κ2) is 6.16. The van der Waals surface area contributed by atoms with E-state index in [1.54, 1.807) is 6.92 Å². The van der Waals surface area contributed by atoms with Gasteiger partial charge in [-0.2, -0.15) is 0 Å². The number of hydrogen-bond donors (Lipinski definition) is 1. The molecule has 3 aromatic rings. The van der Waals surface area contributed by atoms with Crippen LogP contribution in [0.25, 0.3) is 11.0 Å². The van der Waals surface area contributed by atoms with Crippen LogP contribution in [-0.2, 0) is 6.42 Å². The van der Waals surface area contributed by atoms with Gasteiger partial charge < -0.3 is 14.3 Å². The van der Waals surface area contributed by atoms with Gasteiger partial charge in [-0.05, 0) is 43.2 Å². The predicted molar refractivity (Wildman–Crippen MR) is 89.4 cm³/mol. The maximum atomic E-state index is 12.6. The largest absolute Gasteiger partial charge is 0.508 e. The summed E-state index contributed by atoms with van der Waals surface area (Å²) in [5.74, 6) is 1.20. The fourth-order valence-electron chi connectivity index (χ4n) is 2.53. The minimum absolute atomic E-state index is 0.0558. The smallest absolute Gasteiger partial charge is 0.235 e. The number of fused-ring (bicyclic) bond motifs is 1. The van der Waals surface area contributed by atoms with Crippen molar-refractivity contribution in [1.29, 1.82) is 0 Å². The lowest BCUT2D eigenvalue weighted by atomic mass is 10.1. The van der Waals surface area contributed by atoms with Gasteiger partial charge >= 0.3 is 0 Å². The molecule has 0 bridgehead atoms. The molecule has 0 fully saturated rings. The number of ether oxygens (including phenoxy) is 1. The molecule has 0 aliphatic heterocycles. The molecule has 4 nitrogen and oxygen atoms in total. The zero-order valence-corrected chi connectivity index (χ0v) is 13.1. The molecule has 0 aliphatic carbocycles. The van der Waals surface area contributed by atoms with E-state index >= 15 is 0 Å². The summed E-state index contributed by atoms with van der Waals surface area (Å²) in [4.78, 5) is 12.6. The first kappa shape index (κ1) is 15.2. The summed E-state index contributed by atoms with van der Waals surface area (Å²) < 4.78 is 11.3. The van der Waals surface area contributed by atoms with Gasteiger partial charge in [-0.1, -0.05) is 25.5 Å². The molecule has 0 unspecified atom stereocenters. The highest BCUT2D eigenvalue weighted by atomic mass is 16.5. The van der Waals surface area contributed by atoms with Crippen LogP contribution in [0.15, 0.2) is 51.7 Å². The number of benzene rings is 2. The van der Waals surface area contributed by atoms with Crippen LogP contribution in [-0.4, -0.2) is 5.11 Å². The van der Waals surface area contributed by atoms with Crippen LogP contribution in [0.3, 0.4) is 0 Å². The molecular formula is C19H18O4. The summed E-state index contributed by atoms with van der Waals surface area (Å²) >= 11 is 0. The van der Waals surface area contributed by atoms with Crippen molar-refractivity contribution in [1.82, 2.24) is 0 Å². The lowest BCUT2D eigenvalue weighted by Gasteiger charge is -2.09. The highest BCUT2D eigenvalue weighted by Crippen LogP contribution is 2.27. The first-order valence-electron chi connectivity index (χ1n) is 7.61. The Kier molecular flexibility index (Phi) is 4.06. The van der Waals surface area contributed by atoms with E-state index in [1.807, 2.05) is 24.3 Å². The molecule has 3 rings (SSSR count). The van der Waals surface area contributed by atoms with Crippen molar-refractivity contribution in [3.63, 3.8) is 0 Å². The minimum atomic E-state index is -0.249. The number of rotatable bonds is 4. The fourth-order valence-corrected chi connectivity index (χ4v) is 2.53. The van der Waals surface area contributed by atoms with Gasteiger partial charge in [0, 0.05) is 6.07 Å². The Hall–Kier alpha value is -2.75. The lowest BCUT2D eigenvalue weighted by Crippen LogP contribution is -2.07. The number of aryl methyl sites for hydroxylation is 2. The van der Waals surface area contributed by atoms with Crippen molar-refractivity contribution in [2.45, 2.75) is 26.7 Å². The van der Waals surface area contributed by atoms with E-state index in [2.05, 4.69) is 6.92 Å². The molecule has 0 aliphatic rings. The van der Waals surface area contributed by atoms with Gasteiger partial charge in [0.2, 0.25) is 11.2 Å². The van der Waals surface area contributed by atoms with Crippen LogP contribution in [0.2, 0.25) is 0 Å². The van der Waals surface area contributed by atoms with E-state index in [-0.39, 0.29) is 16.9 Å². The van der Waals surface area contributed by atoms with E-state index in [4.69, 9.17) is 9.15 Å². The number of hydrogen-bond acceptors (Lipinski definition) is 4. The van der Waals surface area contributed by atoms with Crippen LogP contribution in [0.4, 0.5) is 0 Å². The molecule has 0 saturated carbocycles. The molecule has 0 amide bonds. The summed E-state index contributed by atoms with van der Waals surface area (Å²) in [6.45, 7) is 3.80. The van der Waals surface area contributed by atoms with Gasteiger partial charge in [0.25, 0.3) is 0 Å². The number of phenols is 1. The second-order valence-electron chi connectivity index (χ2n) is 5.49. The quantitative estimate of drug-likeness (QED) is 0.768. The molecule has 1 heterocycles. The number of aromatic hydroxyl groups is 1. The molecule has 0 atom stereocenters. The third kappa shape index (κ3) is 3.06. The van der Waals surface area contributed by atoms with Crippen molar-refractivity contribution in [3.8, 4) is 17.2 Å². The van der Waals surface area contributed by atoms with Crippen LogP contribution in [0, 0.1) is 6.92 Å². The summed E-state index contributed by atoms with van der Waals surface area (Å²) in [5.41, 5.74) is 1.33. The molecule has 118 valence electrons. The molecule has 1 aromatic heterocycles. The monoisotopic (exact) mass is 310 g/mol. The van der Waals surface area contributed by atoms with Gasteiger partial charge in [-0.15, -0.1) is 0 Å². The van der Waals surface area contributed by atoms with Gasteiger partial charge in [0.15, 0.2) is 0 Å². The zero-order valence-electron chi connectivity index (χ0n) is 13.1. The SMILES string of the molecule is CCCc1ccc(Oc2c(C)oc3cc(O)ccc3c2=O)cc1. The molecule has 23 heavy (non-hydrogen) atoms. The fraction of sp³-hybridized carbons (Fsp3) is 0.211. The molecule has 2 aromatic carbocycles. The third-order valence-corrected chi connectivity index (χ3v) is 3.68. The van der Waals surface area contributed by atoms with Crippen molar-refractivity contribution < 1.29 is 14.3 Å². The number of phenolic OH excluding ortho intramolecular Hbond substituents is 1. The van der Waals surface area contributed by atoms with E-state index in [9.17, 15) is 9.90 Å². The Balaban J connectivity index is 1.99. The average Bonchev–Trinajstić information content (AvgIpc) is 2.53. The zero-order chi connectivity index (χ0) is 16.4. The Morgan fingerprint density at radius 3 is 2.57 bits per heavy atom. The molecule has 1 N–H and O–H groups in total. The summed E-state index contributed by atoms with van der Waals surface area (Å²) in [5, 5.41) is 9.87. The maximum absolute atomic E-state index is 12.6. The highest BCUT2D eigenvalue weighted by molar-refractivity contribution is 5.79. The van der Waals surface area contributed by atoms with Crippen LogP contribution in [0.5, 0.6) is 17.2 Å². The van der Waals surface area contributed by atoms with Gasteiger partial charge in [0.1, 0.15) is 22.8 Å². The van der Waals surface area contributed by atoms with Gasteiger partial charge in [-0.25, -0.2) is 0 Å². The van der Waals surface area contributed by atoms with Gasteiger partial charge in [-0.3, -0.25) is 4.79 Å². The van der Waals surface area contributed by atoms with Crippen molar-refractivity contribution in [2.75, 3.05) is 0 Å². The van der Waals surface area contributed by atoms with Crippen LogP contribution >= 0.6 is 0 Å². The van der Waals surface area contributed by atoms with E-state index in [0.29, 0.717) is 22.5 Å².